The number of carboxylic acids is 1. The molecule has 8 heteroatoms. The maximum atomic E-state index is 11.7. The molecule has 21 heavy (non-hydrogen) atoms. The van der Waals surface area contributed by atoms with Gasteiger partial charge in [0.15, 0.2) is 0 Å². The lowest BCUT2D eigenvalue weighted by atomic mass is 9.68. The van der Waals surface area contributed by atoms with Crippen LogP contribution in [0.3, 0.4) is 0 Å². The Kier molecular flexibility index (Phi) is 7.14. The van der Waals surface area contributed by atoms with Crippen molar-refractivity contribution >= 4 is 19.0 Å². The fourth-order valence-electron chi connectivity index (χ4n) is 3.09. The number of aliphatic carboxylic acids is 1. The molecule has 0 aromatic rings. The van der Waals surface area contributed by atoms with Crippen molar-refractivity contribution in [1.82, 2.24) is 5.32 Å². The maximum Gasteiger partial charge on any atom is 0.451 e. The third-order valence-corrected chi connectivity index (χ3v) is 4.22. The van der Waals surface area contributed by atoms with Crippen LogP contribution in [-0.4, -0.2) is 46.7 Å². The second-order valence-electron chi connectivity index (χ2n) is 5.88. The van der Waals surface area contributed by atoms with Crippen molar-refractivity contribution in [2.45, 2.75) is 57.3 Å². The summed E-state index contributed by atoms with van der Waals surface area (Å²) < 4.78 is 0. The van der Waals surface area contributed by atoms with Gasteiger partial charge in [0.05, 0.1) is 12.0 Å². The standard InChI is InChI=1S/C13H25BN2O5/c15-9-11(17)16-10-4-3-6-13(8-10,12(18)19)5-1-2-7-14(20)21/h10,20-21H,1-9,15H2,(H,16,17)(H,18,19)/t10-,13+/m0/s1. The van der Waals surface area contributed by atoms with Crippen LogP contribution in [0, 0.1) is 5.41 Å². The van der Waals surface area contributed by atoms with E-state index in [0.717, 1.165) is 12.8 Å². The van der Waals surface area contributed by atoms with Crippen LogP contribution in [-0.2, 0) is 9.59 Å². The SMILES string of the molecule is NCC(=O)N[C@H]1CCC[C@@](CCCCB(O)O)(C(=O)O)C1. The lowest BCUT2D eigenvalue weighted by molar-refractivity contribution is -0.152. The molecule has 0 radical (unpaired) electrons. The summed E-state index contributed by atoms with van der Waals surface area (Å²) >= 11 is 0. The van der Waals surface area contributed by atoms with E-state index in [9.17, 15) is 14.7 Å². The Morgan fingerprint density at radius 2 is 2.05 bits per heavy atom. The van der Waals surface area contributed by atoms with Crippen molar-refractivity contribution in [3.8, 4) is 0 Å². The molecule has 0 aliphatic heterocycles. The number of carbonyl (C=O) groups is 2. The van der Waals surface area contributed by atoms with E-state index in [2.05, 4.69) is 5.32 Å². The average molecular weight is 300 g/mol. The lowest BCUT2D eigenvalue weighted by Crippen LogP contribution is -2.47. The van der Waals surface area contributed by atoms with Gasteiger partial charge in [0.1, 0.15) is 0 Å². The van der Waals surface area contributed by atoms with E-state index < -0.39 is 18.5 Å². The van der Waals surface area contributed by atoms with Crippen LogP contribution in [0.5, 0.6) is 0 Å². The van der Waals surface area contributed by atoms with E-state index in [1.807, 2.05) is 0 Å². The van der Waals surface area contributed by atoms with E-state index in [1.54, 1.807) is 0 Å². The first-order valence-corrected chi connectivity index (χ1v) is 7.48. The molecule has 1 amide bonds. The molecular weight excluding hydrogens is 275 g/mol. The van der Waals surface area contributed by atoms with E-state index in [-0.39, 0.29) is 24.8 Å². The van der Waals surface area contributed by atoms with Crippen molar-refractivity contribution in [2.75, 3.05) is 6.54 Å². The molecule has 6 N–H and O–H groups in total. The van der Waals surface area contributed by atoms with E-state index in [1.165, 1.54) is 0 Å². The smallest absolute Gasteiger partial charge is 0.451 e. The molecule has 1 fully saturated rings. The van der Waals surface area contributed by atoms with E-state index in [4.69, 9.17) is 15.8 Å². The highest BCUT2D eigenvalue weighted by Crippen LogP contribution is 2.41. The quantitative estimate of drug-likeness (QED) is 0.309. The number of unbranched alkanes of at least 4 members (excludes halogenated alkanes) is 1. The molecule has 0 aromatic carbocycles. The fraction of sp³-hybridized carbons (Fsp3) is 0.846. The van der Waals surface area contributed by atoms with Crippen LogP contribution < -0.4 is 11.1 Å². The van der Waals surface area contributed by atoms with Crippen molar-refractivity contribution in [3.05, 3.63) is 0 Å². The topological polar surface area (TPSA) is 133 Å². The summed E-state index contributed by atoms with van der Waals surface area (Å²) in [4.78, 5) is 23.0. The Bertz CT molecular complexity index is 366. The number of carbonyl (C=O) groups excluding carboxylic acids is 1. The fourth-order valence-corrected chi connectivity index (χ4v) is 3.09. The van der Waals surface area contributed by atoms with Gasteiger partial charge in [0.25, 0.3) is 0 Å². The summed E-state index contributed by atoms with van der Waals surface area (Å²) in [6.07, 6.45) is 4.48. The van der Waals surface area contributed by atoms with Gasteiger partial charge in [-0.05, 0) is 32.0 Å². The third-order valence-electron chi connectivity index (χ3n) is 4.22. The minimum absolute atomic E-state index is 0.0923. The molecule has 0 saturated heterocycles. The number of hydrogen-bond acceptors (Lipinski definition) is 5. The molecule has 7 nitrogen and oxygen atoms in total. The van der Waals surface area contributed by atoms with Gasteiger partial charge in [-0.3, -0.25) is 9.59 Å². The summed E-state index contributed by atoms with van der Waals surface area (Å²) in [5, 5.41) is 30.0. The van der Waals surface area contributed by atoms with Crippen LogP contribution in [0.25, 0.3) is 0 Å². The summed E-state index contributed by atoms with van der Waals surface area (Å²) in [5.74, 6) is -1.09. The van der Waals surface area contributed by atoms with Crippen LogP contribution >= 0.6 is 0 Å². The predicted molar refractivity (Wildman–Crippen MR) is 78.4 cm³/mol. The van der Waals surface area contributed by atoms with E-state index in [0.29, 0.717) is 32.1 Å². The van der Waals surface area contributed by atoms with Gasteiger partial charge in [-0.15, -0.1) is 0 Å². The van der Waals surface area contributed by atoms with Gasteiger partial charge in [-0.25, -0.2) is 0 Å². The first-order chi connectivity index (χ1) is 9.89. The first-order valence-electron chi connectivity index (χ1n) is 7.48. The third kappa shape index (κ3) is 5.64. The molecule has 1 aliphatic rings. The molecular formula is C13H25BN2O5. The zero-order valence-electron chi connectivity index (χ0n) is 12.3. The summed E-state index contributed by atoms with van der Waals surface area (Å²) in [7, 11) is -1.34. The molecule has 0 bridgehead atoms. The van der Waals surface area contributed by atoms with Gasteiger partial charge in [-0.2, -0.15) is 0 Å². The molecule has 0 spiro atoms. The second kappa shape index (κ2) is 8.36. The molecule has 1 rings (SSSR count). The number of carboxylic acid groups (broad SMARTS) is 1. The molecule has 0 unspecified atom stereocenters. The van der Waals surface area contributed by atoms with Crippen molar-refractivity contribution in [1.29, 1.82) is 0 Å². The number of hydrogen-bond donors (Lipinski definition) is 5. The van der Waals surface area contributed by atoms with Crippen molar-refractivity contribution < 1.29 is 24.7 Å². The molecule has 120 valence electrons. The largest absolute Gasteiger partial charge is 0.481 e. The Balaban J connectivity index is 2.57. The predicted octanol–water partition coefficient (Wildman–Crippen LogP) is -0.282. The Morgan fingerprint density at radius 3 is 2.62 bits per heavy atom. The lowest BCUT2D eigenvalue weighted by Gasteiger charge is -2.38. The molecule has 1 aliphatic carbocycles. The van der Waals surface area contributed by atoms with Crippen LogP contribution in [0.2, 0.25) is 6.32 Å². The molecule has 1 saturated carbocycles. The normalized spacial score (nSPS) is 25.4. The number of nitrogens with two attached hydrogens (primary N) is 1. The Labute approximate surface area is 125 Å². The highest BCUT2D eigenvalue weighted by atomic mass is 16.4. The van der Waals surface area contributed by atoms with Gasteiger partial charge in [-0.1, -0.05) is 19.3 Å². The Hall–Kier alpha value is -1.12. The Morgan fingerprint density at radius 1 is 1.33 bits per heavy atom. The van der Waals surface area contributed by atoms with Crippen molar-refractivity contribution in [3.63, 3.8) is 0 Å². The molecule has 0 heterocycles. The number of amides is 1. The van der Waals surface area contributed by atoms with Crippen molar-refractivity contribution in [2.24, 2.45) is 11.1 Å². The number of rotatable bonds is 8. The van der Waals surface area contributed by atoms with Gasteiger partial charge in [0, 0.05) is 6.04 Å². The summed E-state index contributed by atoms with van der Waals surface area (Å²) in [6, 6.07) is -0.144. The highest BCUT2D eigenvalue weighted by molar-refractivity contribution is 6.40. The molecule has 2 atom stereocenters. The second-order valence-corrected chi connectivity index (χ2v) is 5.88. The summed E-state index contributed by atoms with van der Waals surface area (Å²) in [6.45, 7) is -0.0923. The van der Waals surface area contributed by atoms with Crippen LogP contribution in [0.1, 0.15) is 44.9 Å². The van der Waals surface area contributed by atoms with E-state index >= 15 is 0 Å². The van der Waals surface area contributed by atoms with Gasteiger partial charge in [0.2, 0.25) is 5.91 Å². The van der Waals surface area contributed by atoms with Gasteiger partial charge < -0.3 is 26.2 Å². The van der Waals surface area contributed by atoms with Crippen LogP contribution in [0.15, 0.2) is 0 Å². The van der Waals surface area contributed by atoms with Crippen LogP contribution in [0.4, 0.5) is 0 Å². The minimum atomic E-state index is -1.34. The maximum absolute atomic E-state index is 11.7. The minimum Gasteiger partial charge on any atom is -0.481 e. The zero-order chi connectivity index (χ0) is 15.9. The highest BCUT2D eigenvalue weighted by Gasteiger charge is 2.42. The number of nitrogens with one attached hydrogen (secondary N) is 1. The monoisotopic (exact) mass is 300 g/mol. The van der Waals surface area contributed by atoms with Gasteiger partial charge >= 0.3 is 13.1 Å². The summed E-state index contributed by atoms with van der Waals surface area (Å²) in [5.41, 5.74) is 4.44. The zero-order valence-corrected chi connectivity index (χ0v) is 12.3. The molecule has 0 aromatic heterocycles. The first kappa shape index (κ1) is 17.9. The average Bonchev–Trinajstić information content (AvgIpc) is 2.43.